The summed E-state index contributed by atoms with van der Waals surface area (Å²) in [7, 11) is 1.58. The molecule has 0 saturated heterocycles. The van der Waals surface area contributed by atoms with Crippen LogP contribution in [0, 0.1) is 0 Å². The molecule has 1 N–H and O–H groups in total. The normalized spacial score (nSPS) is 11.7. The second-order valence-electron chi connectivity index (χ2n) is 7.44. The third kappa shape index (κ3) is 4.61. The Balaban J connectivity index is 1.25. The van der Waals surface area contributed by atoms with Crippen LogP contribution in [0.3, 0.4) is 0 Å². The van der Waals surface area contributed by atoms with Gasteiger partial charge in [-0.2, -0.15) is 0 Å². The quantitative estimate of drug-likeness (QED) is 0.435. The first-order chi connectivity index (χ1) is 16.7. The minimum absolute atomic E-state index is 0.174. The third-order valence-corrected chi connectivity index (χ3v) is 5.26. The van der Waals surface area contributed by atoms with Crippen molar-refractivity contribution in [1.82, 2.24) is 15.3 Å². The molecule has 1 amide bonds. The van der Waals surface area contributed by atoms with Crippen molar-refractivity contribution >= 4 is 5.91 Å². The molecule has 4 aromatic rings. The van der Waals surface area contributed by atoms with E-state index in [0.717, 1.165) is 11.1 Å². The maximum Gasteiger partial charge on any atom is 0.251 e. The maximum atomic E-state index is 12.6. The van der Waals surface area contributed by atoms with Gasteiger partial charge in [-0.15, -0.1) is 0 Å². The zero-order chi connectivity index (χ0) is 23.3. The van der Waals surface area contributed by atoms with Gasteiger partial charge >= 0.3 is 0 Å². The van der Waals surface area contributed by atoms with Crippen molar-refractivity contribution in [3.05, 3.63) is 90.3 Å². The third-order valence-electron chi connectivity index (χ3n) is 5.26. The summed E-state index contributed by atoms with van der Waals surface area (Å²) in [6.07, 6.45) is 1.44. The van der Waals surface area contributed by atoms with Crippen LogP contribution in [-0.4, -0.2) is 29.8 Å². The van der Waals surface area contributed by atoms with Crippen molar-refractivity contribution in [3.8, 4) is 40.1 Å². The van der Waals surface area contributed by atoms with Crippen LogP contribution in [0.25, 0.3) is 11.3 Å². The van der Waals surface area contributed by atoms with Gasteiger partial charge in [0.1, 0.15) is 6.33 Å². The van der Waals surface area contributed by atoms with Crippen molar-refractivity contribution < 1.29 is 23.7 Å². The van der Waals surface area contributed by atoms with Crippen LogP contribution in [0.1, 0.15) is 15.9 Å². The predicted octanol–water partition coefficient (Wildman–Crippen LogP) is 4.60. The molecule has 3 aromatic carbocycles. The van der Waals surface area contributed by atoms with Crippen LogP contribution in [-0.2, 0) is 6.54 Å². The zero-order valence-electron chi connectivity index (χ0n) is 18.4. The maximum absolute atomic E-state index is 12.6. The fourth-order valence-electron chi connectivity index (χ4n) is 3.50. The van der Waals surface area contributed by atoms with Crippen molar-refractivity contribution in [2.24, 2.45) is 0 Å². The second kappa shape index (κ2) is 9.50. The number of carbonyl (C=O) groups is 1. The first-order valence-electron chi connectivity index (χ1n) is 10.6. The first-order valence-corrected chi connectivity index (χ1v) is 10.6. The van der Waals surface area contributed by atoms with E-state index in [-0.39, 0.29) is 12.7 Å². The Morgan fingerprint density at radius 2 is 1.74 bits per heavy atom. The molecule has 0 fully saturated rings. The van der Waals surface area contributed by atoms with Crippen LogP contribution in [0.4, 0.5) is 0 Å². The molecule has 34 heavy (non-hydrogen) atoms. The lowest BCUT2D eigenvalue weighted by Gasteiger charge is -2.10. The molecule has 5 rings (SSSR count). The summed E-state index contributed by atoms with van der Waals surface area (Å²) in [6.45, 7) is 0.602. The Labute approximate surface area is 196 Å². The fraction of sp³-hybridized carbons (Fsp3) is 0.115. The molecule has 0 atom stereocenters. The molecule has 1 aliphatic rings. The molecule has 1 aliphatic heterocycles. The highest BCUT2D eigenvalue weighted by Crippen LogP contribution is 2.33. The molecule has 8 nitrogen and oxygen atoms in total. The molecule has 8 heteroatoms. The Hall–Kier alpha value is -4.59. The van der Waals surface area contributed by atoms with Gasteiger partial charge in [0.2, 0.25) is 12.7 Å². The minimum atomic E-state index is -0.174. The number of aromatic nitrogens is 2. The van der Waals surface area contributed by atoms with Gasteiger partial charge in [0.25, 0.3) is 5.91 Å². The molecule has 0 spiro atoms. The number of ether oxygens (including phenoxy) is 4. The van der Waals surface area contributed by atoms with Crippen LogP contribution in [0.5, 0.6) is 28.9 Å². The SMILES string of the molecule is COc1ccccc1Oc1cc(-c2ccc(C(=O)NCc3ccc4c(c3)OCO4)cc2)ncn1. The van der Waals surface area contributed by atoms with Crippen LogP contribution >= 0.6 is 0 Å². The van der Waals surface area contributed by atoms with Crippen molar-refractivity contribution in [2.75, 3.05) is 13.9 Å². The van der Waals surface area contributed by atoms with E-state index in [1.54, 1.807) is 31.4 Å². The van der Waals surface area contributed by atoms with Gasteiger partial charge in [-0.1, -0.05) is 30.3 Å². The minimum Gasteiger partial charge on any atom is -0.493 e. The van der Waals surface area contributed by atoms with Gasteiger partial charge in [-0.25, -0.2) is 9.97 Å². The van der Waals surface area contributed by atoms with E-state index in [1.807, 2.05) is 48.5 Å². The number of nitrogens with zero attached hydrogens (tertiary/aromatic N) is 2. The van der Waals surface area contributed by atoms with E-state index in [2.05, 4.69) is 15.3 Å². The van der Waals surface area contributed by atoms with Gasteiger partial charge in [0.15, 0.2) is 23.0 Å². The summed E-state index contributed by atoms with van der Waals surface area (Å²) in [6, 6.07) is 21.9. The van der Waals surface area contributed by atoms with Gasteiger partial charge in [0, 0.05) is 23.7 Å². The molecule has 2 heterocycles. The standard InChI is InChI=1S/C26H21N3O5/c1-31-21-4-2-3-5-23(21)34-25-13-20(28-15-29-25)18-7-9-19(10-8-18)26(30)27-14-17-6-11-22-24(12-17)33-16-32-22/h2-13,15H,14,16H2,1H3,(H,27,30). The number of nitrogens with one attached hydrogen (secondary N) is 1. The van der Waals surface area contributed by atoms with E-state index >= 15 is 0 Å². The first kappa shape index (κ1) is 21.3. The summed E-state index contributed by atoms with van der Waals surface area (Å²) in [5, 5.41) is 2.92. The molecular formula is C26H21N3O5. The average molecular weight is 455 g/mol. The summed E-state index contributed by atoms with van der Waals surface area (Å²) in [5.74, 6) is 2.79. The van der Waals surface area contributed by atoms with Crippen LogP contribution < -0.4 is 24.3 Å². The van der Waals surface area contributed by atoms with Crippen molar-refractivity contribution in [3.63, 3.8) is 0 Å². The number of amides is 1. The van der Waals surface area contributed by atoms with Crippen molar-refractivity contribution in [1.29, 1.82) is 0 Å². The van der Waals surface area contributed by atoms with Crippen LogP contribution in [0.2, 0.25) is 0 Å². The number of rotatable bonds is 7. The molecule has 170 valence electrons. The van der Waals surface area contributed by atoms with Gasteiger partial charge < -0.3 is 24.3 Å². The molecular weight excluding hydrogens is 434 g/mol. The Morgan fingerprint density at radius 3 is 2.56 bits per heavy atom. The van der Waals surface area contributed by atoms with Crippen LogP contribution in [0.15, 0.2) is 79.1 Å². The summed E-state index contributed by atoms with van der Waals surface area (Å²) < 4.78 is 21.9. The van der Waals surface area contributed by atoms with Gasteiger partial charge in [-0.3, -0.25) is 4.79 Å². The average Bonchev–Trinajstić information content (AvgIpc) is 3.36. The molecule has 0 saturated carbocycles. The highest BCUT2D eigenvalue weighted by Gasteiger charge is 2.14. The number of benzene rings is 3. The van der Waals surface area contributed by atoms with E-state index in [9.17, 15) is 4.79 Å². The lowest BCUT2D eigenvalue weighted by molar-refractivity contribution is 0.0951. The monoisotopic (exact) mass is 455 g/mol. The zero-order valence-corrected chi connectivity index (χ0v) is 18.4. The highest BCUT2D eigenvalue weighted by atomic mass is 16.7. The molecule has 1 aromatic heterocycles. The number of hydrogen-bond acceptors (Lipinski definition) is 7. The van der Waals surface area contributed by atoms with E-state index < -0.39 is 0 Å². The molecule has 0 unspecified atom stereocenters. The molecule has 0 aliphatic carbocycles. The lowest BCUT2D eigenvalue weighted by atomic mass is 10.1. The Bertz CT molecular complexity index is 1320. The summed E-state index contributed by atoms with van der Waals surface area (Å²) in [5.41, 5.74) is 2.98. The lowest BCUT2D eigenvalue weighted by Crippen LogP contribution is -2.22. The number of carbonyl (C=O) groups excluding carboxylic acids is 1. The Kier molecular flexibility index (Phi) is 5.94. The number of fused-ring (bicyclic) bond motifs is 1. The van der Waals surface area contributed by atoms with Gasteiger partial charge in [-0.05, 0) is 42.0 Å². The van der Waals surface area contributed by atoms with E-state index in [4.69, 9.17) is 18.9 Å². The fourth-order valence-corrected chi connectivity index (χ4v) is 3.50. The number of hydrogen-bond donors (Lipinski definition) is 1. The molecule has 0 bridgehead atoms. The van der Waals surface area contributed by atoms with E-state index in [0.29, 0.717) is 46.7 Å². The predicted molar refractivity (Wildman–Crippen MR) is 124 cm³/mol. The van der Waals surface area contributed by atoms with Crippen molar-refractivity contribution in [2.45, 2.75) is 6.54 Å². The Morgan fingerprint density at radius 1 is 0.941 bits per heavy atom. The number of methoxy groups -OCH3 is 1. The summed E-state index contributed by atoms with van der Waals surface area (Å²) in [4.78, 5) is 21.1. The highest BCUT2D eigenvalue weighted by molar-refractivity contribution is 5.94. The van der Waals surface area contributed by atoms with E-state index in [1.165, 1.54) is 6.33 Å². The molecule has 0 radical (unpaired) electrons. The topological polar surface area (TPSA) is 91.8 Å². The largest absolute Gasteiger partial charge is 0.493 e. The smallest absolute Gasteiger partial charge is 0.251 e. The summed E-state index contributed by atoms with van der Waals surface area (Å²) >= 11 is 0. The van der Waals surface area contributed by atoms with Gasteiger partial charge in [0.05, 0.1) is 12.8 Å². The second-order valence-corrected chi connectivity index (χ2v) is 7.44. The number of para-hydroxylation sites is 2.